The van der Waals surface area contributed by atoms with Crippen molar-refractivity contribution < 1.29 is 14.3 Å². The Labute approximate surface area is 68.8 Å². The van der Waals surface area contributed by atoms with Crippen molar-refractivity contribution in [3.63, 3.8) is 0 Å². The van der Waals surface area contributed by atoms with Crippen molar-refractivity contribution >= 4 is 11.8 Å². The van der Waals surface area contributed by atoms with Crippen molar-refractivity contribution in [2.45, 2.75) is 6.92 Å². The van der Waals surface area contributed by atoms with E-state index in [0.29, 0.717) is 0 Å². The first-order chi connectivity index (χ1) is 5.70. The summed E-state index contributed by atoms with van der Waals surface area (Å²) in [5, 5.41) is 0. The van der Waals surface area contributed by atoms with E-state index in [-0.39, 0.29) is 18.2 Å². The lowest BCUT2D eigenvalue weighted by atomic mass is 10.4. The number of rotatable bonds is 3. The molecule has 0 spiro atoms. The van der Waals surface area contributed by atoms with Crippen LogP contribution >= 0.6 is 0 Å². The van der Waals surface area contributed by atoms with Gasteiger partial charge < -0.3 is 9.72 Å². The molecular formula is C7H8N2O3. The van der Waals surface area contributed by atoms with Gasteiger partial charge in [-0.2, -0.15) is 0 Å². The quantitative estimate of drug-likeness (QED) is 0.515. The van der Waals surface area contributed by atoms with Crippen LogP contribution in [0.15, 0.2) is 12.4 Å². The van der Waals surface area contributed by atoms with Crippen molar-refractivity contribution in [2.75, 3.05) is 6.61 Å². The predicted molar refractivity (Wildman–Crippen MR) is 39.6 cm³/mol. The molecule has 0 fully saturated rings. The lowest BCUT2D eigenvalue weighted by Crippen LogP contribution is -2.13. The SMILES string of the molecule is CC(=O)OCC(=O)c1ncc[nH]1. The fourth-order valence-electron chi connectivity index (χ4n) is 0.653. The fourth-order valence-corrected chi connectivity index (χ4v) is 0.653. The smallest absolute Gasteiger partial charge is 0.303 e. The van der Waals surface area contributed by atoms with Crippen LogP contribution < -0.4 is 0 Å². The molecule has 0 aromatic carbocycles. The van der Waals surface area contributed by atoms with Gasteiger partial charge in [0.25, 0.3) is 0 Å². The Morgan fingerprint density at radius 3 is 2.92 bits per heavy atom. The number of ketones is 1. The van der Waals surface area contributed by atoms with E-state index in [1.807, 2.05) is 0 Å². The van der Waals surface area contributed by atoms with Gasteiger partial charge in [0.05, 0.1) is 0 Å². The molecule has 5 heteroatoms. The van der Waals surface area contributed by atoms with E-state index in [1.54, 1.807) is 0 Å². The molecule has 1 rings (SSSR count). The molecular weight excluding hydrogens is 160 g/mol. The van der Waals surface area contributed by atoms with Gasteiger partial charge in [-0.05, 0) is 0 Å². The van der Waals surface area contributed by atoms with Crippen LogP contribution in [0, 0.1) is 0 Å². The number of nitrogens with one attached hydrogen (secondary N) is 1. The lowest BCUT2D eigenvalue weighted by Gasteiger charge is -1.97. The number of aromatic nitrogens is 2. The summed E-state index contributed by atoms with van der Waals surface area (Å²) in [4.78, 5) is 27.7. The highest BCUT2D eigenvalue weighted by Crippen LogP contribution is 1.91. The Morgan fingerprint density at radius 2 is 2.42 bits per heavy atom. The zero-order valence-electron chi connectivity index (χ0n) is 6.53. The topological polar surface area (TPSA) is 72.1 Å². The summed E-state index contributed by atoms with van der Waals surface area (Å²) >= 11 is 0. The molecule has 1 aromatic rings. The molecule has 1 heterocycles. The van der Waals surface area contributed by atoms with Gasteiger partial charge in [0.15, 0.2) is 12.4 Å². The highest BCUT2D eigenvalue weighted by Gasteiger charge is 2.08. The van der Waals surface area contributed by atoms with Gasteiger partial charge in [0.1, 0.15) is 0 Å². The minimum atomic E-state index is -0.477. The zero-order valence-corrected chi connectivity index (χ0v) is 6.53. The highest BCUT2D eigenvalue weighted by atomic mass is 16.5. The highest BCUT2D eigenvalue weighted by molar-refractivity contribution is 5.94. The number of hydrogen-bond acceptors (Lipinski definition) is 4. The van der Waals surface area contributed by atoms with Gasteiger partial charge in [-0.3, -0.25) is 9.59 Å². The van der Waals surface area contributed by atoms with E-state index >= 15 is 0 Å². The standard InChI is InChI=1S/C7H8N2O3/c1-5(10)12-4-6(11)7-8-2-3-9-7/h2-3H,4H2,1H3,(H,8,9). The van der Waals surface area contributed by atoms with Crippen LogP contribution in [0.2, 0.25) is 0 Å². The third-order valence-corrected chi connectivity index (χ3v) is 1.17. The molecule has 0 radical (unpaired) electrons. The van der Waals surface area contributed by atoms with Gasteiger partial charge in [-0.25, -0.2) is 4.98 Å². The summed E-state index contributed by atoms with van der Waals surface area (Å²) in [6.45, 7) is 0.984. The second-order valence-corrected chi connectivity index (χ2v) is 2.14. The number of aromatic amines is 1. The molecule has 1 aromatic heterocycles. The van der Waals surface area contributed by atoms with E-state index in [4.69, 9.17) is 0 Å². The average molecular weight is 168 g/mol. The second-order valence-electron chi connectivity index (χ2n) is 2.14. The molecule has 0 aliphatic heterocycles. The molecule has 0 aliphatic carbocycles. The van der Waals surface area contributed by atoms with Gasteiger partial charge >= 0.3 is 5.97 Å². The number of carbonyl (C=O) groups is 2. The van der Waals surface area contributed by atoms with E-state index in [1.165, 1.54) is 19.3 Å². The number of ether oxygens (including phenoxy) is 1. The van der Waals surface area contributed by atoms with Crippen molar-refractivity contribution in [2.24, 2.45) is 0 Å². The maximum absolute atomic E-state index is 11.0. The first kappa shape index (κ1) is 8.45. The summed E-state index contributed by atoms with van der Waals surface area (Å²) in [6, 6.07) is 0. The monoisotopic (exact) mass is 168 g/mol. The summed E-state index contributed by atoms with van der Waals surface area (Å²) < 4.78 is 4.48. The Balaban J connectivity index is 2.45. The minimum absolute atomic E-state index is 0.205. The molecule has 0 atom stereocenters. The summed E-state index contributed by atoms with van der Waals surface area (Å²) in [5.74, 6) is -0.610. The van der Waals surface area contributed by atoms with Gasteiger partial charge in [-0.15, -0.1) is 0 Å². The summed E-state index contributed by atoms with van der Waals surface area (Å²) in [7, 11) is 0. The van der Waals surface area contributed by atoms with Crippen LogP contribution in [0.25, 0.3) is 0 Å². The number of H-pyrrole nitrogens is 1. The fraction of sp³-hybridized carbons (Fsp3) is 0.286. The Morgan fingerprint density at radius 1 is 1.67 bits per heavy atom. The van der Waals surface area contributed by atoms with E-state index in [2.05, 4.69) is 14.7 Å². The van der Waals surface area contributed by atoms with E-state index < -0.39 is 5.97 Å². The first-order valence-corrected chi connectivity index (χ1v) is 3.36. The van der Waals surface area contributed by atoms with E-state index in [0.717, 1.165) is 0 Å². The predicted octanol–water partition coefficient (Wildman–Crippen LogP) is 0.156. The van der Waals surface area contributed by atoms with Crippen LogP contribution in [0.3, 0.4) is 0 Å². The molecule has 0 amide bonds. The molecule has 5 nitrogen and oxygen atoms in total. The summed E-state index contributed by atoms with van der Waals surface area (Å²) in [5.41, 5.74) is 0. The Kier molecular flexibility index (Phi) is 2.57. The number of esters is 1. The van der Waals surface area contributed by atoms with E-state index in [9.17, 15) is 9.59 Å². The normalized spacial score (nSPS) is 9.42. The average Bonchev–Trinajstić information content (AvgIpc) is 2.51. The number of Topliss-reactive ketones (excluding diaryl/α,β-unsaturated/α-hetero) is 1. The van der Waals surface area contributed by atoms with Crippen molar-refractivity contribution in [1.82, 2.24) is 9.97 Å². The van der Waals surface area contributed by atoms with Crippen molar-refractivity contribution in [1.29, 1.82) is 0 Å². The molecule has 64 valence electrons. The molecule has 0 bridgehead atoms. The van der Waals surface area contributed by atoms with Crippen LogP contribution in [0.5, 0.6) is 0 Å². The largest absolute Gasteiger partial charge is 0.457 e. The molecule has 0 aliphatic rings. The summed E-state index contributed by atoms with van der Waals surface area (Å²) in [6.07, 6.45) is 2.99. The third-order valence-electron chi connectivity index (χ3n) is 1.17. The molecule has 0 saturated heterocycles. The molecule has 1 N–H and O–H groups in total. The maximum Gasteiger partial charge on any atom is 0.303 e. The lowest BCUT2D eigenvalue weighted by molar-refractivity contribution is -0.139. The third kappa shape index (κ3) is 2.19. The Bertz CT molecular complexity index is 279. The minimum Gasteiger partial charge on any atom is -0.457 e. The zero-order chi connectivity index (χ0) is 8.97. The van der Waals surface area contributed by atoms with Crippen molar-refractivity contribution in [3.8, 4) is 0 Å². The number of carbonyl (C=O) groups excluding carboxylic acids is 2. The van der Waals surface area contributed by atoms with Crippen LogP contribution in [-0.2, 0) is 9.53 Å². The Hall–Kier alpha value is -1.65. The van der Waals surface area contributed by atoms with Crippen molar-refractivity contribution in [3.05, 3.63) is 18.2 Å². The number of hydrogen-bond donors (Lipinski definition) is 1. The van der Waals surface area contributed by atoms with Crippen LogP contribution in [-0.4, -0.2) is 28.3 Å². The van der Waals surface area contributed by atoms with Crippen LogP contribution in [0.4, 0.5) is 0 Å². The van der Waals surface area contributed by atoms with Crippen LogP contribution in [0.1, 0.15) is 17.5 Å². The maximum atomic E-state index is 11.0. The number of nitrogens with zero attached hydrogens (tertiary/aromatic N) is 1. The van der Waals surface area contributed by atoms with Gasteiger partial charge in [-0.1, -0.05) is 0 Å². The molecule has 0 saturated carbocycles. The molecule has 12 heavy (non-hydrogen) atoms. The molecule has 0 unspecified atom stereocenters. The van der Waals surface area contributed by atoms with Gasteiger partial charge in [0.2, 0.25) is 5.78 Å². The van der Waals surface area contributed by atoms with Gasteiger partial charge in [0, 0.05) is 19.3 Å². The first-order valence-electron chi connectivity index (χ1n) is 3.36. The number of imidazole rings is 1. The second kappa shape index (κ2) is 3.66.